The number of nitrogens with one attached hydrogen (secondary N) is 2. The molecular weight excluding hydrogens is 232 g/mol. The summed E-state index contributed by atoms with van der Waals surface area (Å²) in [5.41, 5.74) is 0. The number of carbonyl (C=O) groups excluding carboxylic acids is 2. The Hall–Kier alpha value is -1.26. The molecule has 0 spiro atoms. The molecule has 5 heteroatoms. The van der Waals surface area contributed by atoms with Crippen LogP contribution in [-0.4, -0.2) is 31.7 Å². The van der Waals surface area contributed by atoms with E-state index in [0.717, 1.165) is 0 Å². The predicted octanol–water partition coefficient (Wildman–Crippen LogP) is 1.78. The van der Waals surface area contributed by atoms with Gasteiger partial charge in [0.15, 0.2) is 0 Å². The van der Waals surface area contributed by atoms with Gasteiger partial charge in [-0.25, -0.2) is 4.79 Å². The minimum atomic E-state index is -0.420. The lowest BCUT2D eigenvalue weighted by Gasteiger charge is -2.25. The fourth-order valence-corrected chi connectivity index (χ4v) is 1.88. The molecule has 0 aliphatic rings. The molecule has 0 bridgehead atoms. The molecule has 0 aromatic heterocycles. The molecular formula is C13H26N2O3. The van der Waals surface area contributed by atoms with Gasteiger partial charge in [-0.15, -0.1) is 0 Å². The quantitative estimate of drug-likeness (QED) is 0.684. The summed E-state index contributed by atoms with van der Waals surface area (Å²) in [6.07, 6.45) is 0. The average molecular weight is 258 g/mol. The SMILES string of the molecule is CCOC(=O)CNC(=O)NCC(C(C)C)C(C)C. The second kappa shape index (κ2) is 8.78. The lowest BCUT2D eigenvalue weighted by molar-refractivity contribution is -0.141. The third-order valence-corrected chi connectivity index (χ3v) is 2.91. The Labute approximate surface area is 110 Å². The van der Waals surface area contributed by atoms with Crippen molar-refractivity contribution in [3.63, 3.8) is 0 Å². The van der Waals surface area contributed by atoms with Crippen molar-refractivity contribution >= 4 is 12.0 Å². The van der Waals surface area contributed by atoms with Crippen molar-refractivity contribution in [3.05, 3.63) is 0 Å². The summed E-state index contributed by atoms with van der Waals surface area (Å²) < 4.78 is 4.71. The van der Waals surface area contributed by atoms with E-state index in [1.807, 2.05) is 0 Å². The number of hydrogen-bond acceptors (Lipinski definition) is 3. The molecule has 0 fully saturated rings. The fourth-order valence-electron chi connectivity index (χ4n) is 1.88. The van der Waals surface area contributed by atoms with E-state index in [9.17, 15) is 9.59 Å². The van der Waals surface area contributed by atoms with E-state index in [-0.39, 0.29) is 12.6 Å². The van der Waals surface area contributed by atoms with E-state index in [1.165, 1.54) is 0 Å². The van der Waals surface area contributed by atoms with E-state index >= 15 is 0 Å². The third kappa shape index (κ3) is 7.14. The van der Waals surface area contributed by atoms with Crippen molar-refractivity contribution in [1.29, 1.82) is 0 Å². The van der Waals surface area contributed by atoms with Crippen LogP contribution in [0.4, 0.5) is 4.79 Å². The molecule has 0 aliphatic heterocycles. The van der Waals surface area contributed by atoms with E-state index in [0.29, 0.717) is 30.9 Å². The van der Waals surface area contributed by atoms with E-state index in [1.54, 1.807) is 6.92 Å². The van der Waals surface area contributed by atoms with E-state index in [4.69, 9.17) is 4.74 Å². The number of carbonyl (C=O) groups is 2. The molecule has 0 aromatic rings. The maximum absolute atomic E-state index is 11.5. The molecule has 0 rings (SSSR count). The Morgan fingerprint density at radius 3 is 2.06 bits per heavy atom. The van der Waals surface area contributed by atoms with Crippen LogP contribution >= 0.6 is 0 Å². The molecule has 2 amide bonds. The maximum Gasteiger partial charge on any atom is 0.325 e. The number of amides is 2. The predicted molar refractivity (Wildman–Crippen MR) is 71.2 cm³/mol. The fraction of sp³-hybridized carbons (Fsp3) is 0.846. The monoisotopic (exact) mass is 258 g/mol. The Bertz CT molecular complexity index is 257. The van der Waals surface area contributed by atoms with Gasteiger partial charge < -0.3 is 15.4 Å². The van der Waals surface area contributed by atoms with Crippen LogP contribution in [0.5, 0.6) is 0 Å². The average Bonchev–Trinajstić information content (AvgIpc) is 2.26. The van der Waals surface area contributed by atoms with Gasteiger partial charge in [-0.1, -0.05) is 27.7 Å². The van der Waals surface area contributed by atoms with Crippen molar-refractivity contribution in [3.8, 4) is 0 Å². The summed E-state index contributed by atoms with van der Waals surface area (Å²) in [6, 6.07) is -0.325. The first-order chi connectivity index (χ1) is 8.38. The molecule has 0 aromatic carbocycles. The molecule has 0 saturated heterocycles. The zero-order valence-corrected chi connectivity index (χ0v) is 12.1. The van der Waals surface area contributed by atoms with Crippen LogP contribution in [0, 0.1) is 17.8 Å². The molecule has 5 nitrogen and oxygen atoms in total. The minimum absolute atomic E-state index is 0.0896. The summed E-state index contributed by atoms with van der Waals surface area (Å²) in [5, 5.41) is 5.26. The van der Waals surface area contributed by atoms with Gasteiger partial charge >= 0.3 is 12.0 Å². The summed E-state index contributed by atoms with van der Waals surface area (Å²) in [4.78, 5) is 22.5. The Balaban J connectivity index is 3.91. The van der Waals surface area contributed by atoms with E-state index < -0.39 is 5.97 Å². The second-order valence-electron chi connectivity index (χ2n) is 5.02. The molecule has 0 aliphatic carbocycles. The Kier molecular flexibility index (Phi) is 8.16. The van der Waals surface area contributed by atoms with Crippen LogP contribution in [-0.2, 0) is 9.53 Å². The van der Waals surface area contributed by atoms with Crippen LogP contribution in [0.25, 0.3) is 0 Å². The van der Waals surface area contributed by atoms with Gasteiger partial charge in [-0.2, -0.15) is 0 Å². The van der Waals surface area contributed by atoms with Gasteiger partial charge in [0.1, 0.15) is 6.54 Å². The van der Waals surface area contributed by atoms with Gasteiger partial charge in [0, 0.05) is 6.54 Å². The lowest BCUT2D eigenvalue weighted by atomic mass is 9.85. The highest BCUT2D eigenvalue weighted by molar-refractivity contribution is 5.80. The van der Waals surface area contributed by atoms with Crippen molar-refractivity contribution in [2.75, 3.05) is 19.7 Å². The van der Waals surface area contributed by atoms with Crippen LogP contribution in [0.15, 0.2) is 0 Å². The van der Waals surface area contributed by atoms with Gasteiger partial charge in [-0.3, -0.25) is 4.79 Å². The van der Waals surface area contributed by atoms with Crippen LogP contribution in [0.3, 0.4) is 0 Å². The third-order valence-electron chi connectivity index (χ3n) is 2.91. The lowest BCUT2D eigenvalue weighted by Crippen LogP contribution is -2.42. The van der Waals surface area contributed by atoms with Crippen LogP contribution in [0.1, 0.15) is 34.6 Å². The highest BCUT2D eigenvalue weighted by Gasteiger charge is 2.18. The number of urea groups is 1. The minimum Gasteiger partial charge on any atom is -0.465 e. The first-order valence-corrected chi connectivity index (χ1v) is 6.55. The first-order valence-electron chi connectivity index (χ1n) is 6.55. The summed E-state index contributed by atoms with van der Waals surface area (Å²) >= 11 is 0. The largest absolute Gasteiger partial charge is 0.465 e. The zero-order chi connectivity index (χ0) is 14.1. The normalized spacial score (nSPS) is 10.9. The topological polar surface area (TPSA) is 67.4 Å². The summed E-state index contributed by atoms with van der Waals surface area (Å²) in [6.45, 7) is 11.1. The molecule has 0 radical (unpaired) electrons. The summed E-state index contributed by atoms with van der Waals surface area (Å²) in [7, 11) is 0. The number of hydrogen-bond donors (Lipinski definition) is 2. The zero-order valence-electron chi connectivity index (χ0n) is 12.1. The van der Waals surface area contributed by atoms with Gasteiger partial charge in [-0.05, 0) is 24.7 Å². The molecule has 18 heavy (non-hydrogen) atoms. The van der Waals surface area contributed by atoms with Gasteiger partial charge in [0.25, 0.3) is 0 Å². The molecule has 0 saturated carbocycles. The highest BCUT2D eigenvalue weighted by Crippen LogP contribution is 2.19. The van der Waals surface area contributed by atoms with Crippen molar-refractivity contribution in [2.24, 2.45) is 17.8 Å². The molecule has 0 unspecified atom stereocenters. The molecule has 0 heterocycles. The molecule has 0 atom stereocenters. The standard InChI is InChI=1S/C13H26N2O3/c1-6-18-12(16)8-15-13(17)14-7-11(9(2)3)10(4)5/h9-11H,6-8H2,1-5H3,(H2,14,15,17). The number of esters is 1. The van der Waals surface area contributed by atoms with E-state index in [2.05, 4.69) is 38.3 Å². The van der Waals surface area contributed by atoms with Crippen molar-refractivity contribution in [1.82, 2.24) is 10.6 Å². The van der Waals surface area contributed by atoms with Gasteiger partial charge in [0.05, 0.1) is 6.61 Å². The van der Waals surface area contributed by atoms with Crippen LogP contribution in [0.2, 0.25) is 0 Å². The molecule has 106 valence electrons. The molecule has 2 N–H and O–H groups in total. The highest BCUT2D eigenvalue weighted by atomic mass is 16.5. The second-order valence-corrected chi connectivity index (χ2v) is 5.02. The van der Waals surface area contributed by atoms with Crippen molar-refractivity contribution < 1.29 is 14.3 Å². The van der Waals surface area contributed by atoms with Crippen molar-refractivity contribution in [2.45, 2.75) is 34.6 Å². The van der Waals surface area contributed by atoms with Crippen LogP contribution < -0.4 is 10.6 Å². The maximum atomic E-state index is 11.5. The Morgan fingerprint density at radius 1 is 1.06 bits per heavy atom. The smallest absolute Gasteiger partial charge is 0.325 e. The number of rotatable bonds is 7. The summed E-state index contributed by atoms with van der Waals surface area (Å²) in [5.74, 6) is 1.03. The Morgan fingerprint density at radius 2 is 1.61 bits per heavy atom. The van der Waals surface area contributed by atoms with Gasteiger partial charge in [0.2, 0.25) is 0 Å². The first kappa shape index (κ1) is 16.7. The number of ether oxygens (including phenoxy) is 1.